The molecule has 1 fully saturated rings. The van der Waals surface area contributed by atoms with Crippen molar-refractivity contribution in [2.75, 3.05) is 5.32 Å². The highest BCUT2D eigenvalue weighted by Gasteiger charge is 2.17. The van der Waals surface area contributed by atoms with Crippen LogP contribution in [0, 0.1) is 11.7 Å². The van der Waals surface area contributed by atoms with Crippen LogP contribution in [0.4, 0.5) is 9.52 Å². The maximum atomic E-state index is 13.1. The van der Waals surface area contributed by atoms with Gasteiger partial charge in [-0.05, 0) is 37.3 Å². The van der Waals surface area contributed by atoms with Crippen LogP contribution in [0.3, 0.4) is 0 Å². The number of benzene rings is 1. The number of thiazole rings is 1. The minimum absolute atomic E-state index is 0.215. The first-order valence-electron chi connectivity index (χ1n) is 7.03. The van der Waals surface area contributed by atoms with Gasteiger partial charge >= 0.3 is 0 Å². The van der Waals surface area contributed by atoms with Crippen LogP contribution in [0.2, 0.25) is 0 Å². The molecule has 1 aliphatic rings. The zero-order chi connectivity index (χ0) is 13.2. The van der Waals surface area contributed by atoms with Gasteiger partial charge in [0.05, 0.1) is 10.2 Å². The van der Waals surface area contributed by atoms with Crippen molar-refractivity contribution in [3.8, 4) is 0 Å². The van der Waals surface area contributed by atoms with E-state index in [9.17, 15) is 4.39 Å². The Morgan fingerprint density at radius 3 is 3.05 bits per heavy atom. The molecule has 1 saturated carbocycles. The molecule has 1 heterocycles. The van der Waals surface area contributed by atoms with Gasteiger partial charge in [-0.2, -0.15) is 0 Å². The summed E-state index contributed by atoms with van der Waals surface area (Å²) in [5, 5.41) is 4.47. The Hall–Kier alpha value is -1.16. The van der Waals surface area contributed by atoms with Crippen LogP contribution in [0.25, 0.3) is 10.2 Å². The van der Waals surface area contributed by atoms with Crippen LogP contribution in [0.1, 0.15) is 39.0 Å². The van der Waals surface area contributed by atoms with Gasteiger partial charge in [0, 0.05) is 12.1 Å². The summed E-state index contributed by atoms with van der Waals surface area (Å²) in [6.45, 7) is 2.34. The summed E-state index contributed by atoms with van der Waals surface area (Å²) in [6.07, 6.45) is 6.35. The Morgan fingerprint density at radius 2 is 2.16 bits per heavy atom. The van der Waals surface area contributed by atoms with E-state index in [1.54, 1.807) is 11.3 Å². The van der Waals surface area contributed by atoms with Gasteiger partial charge < -0.3 is 5.32 Å². The van der Waals surface area contributed by atoms with Crippen molar-refractivity contribution in [3.63, 3.8) is 0 Å². The van der Waals surface area contributed by atoms with E-state index in [0.29, 0.717) is 6.04 Å². The van der Waals surface area contributed by atoms with Crippen molar-refractivity contribution in [2.24, 2.45) is 5.92 Å². The quantitative estimate of drug-likeness (QED) is 0.797. The van der Waals surface area contributed by atoms with Crippen LogP contribution in [0.5, 0.6) is 0 Å². The average Bonchev–Trinajstić information content (AvgIpc) is 2.65. The molecule has 0 spiro atoms. The number of nitrogens with zero attached hydrogens (tertiary/aromatic N) is 1. The molecule has 0 aliphatic heterocycles. The Bertz CT molecular complexity index is 566. The number of fused-ring (bicyclic) bond motifs is 1. The first-order valence-corrected chi connectivity index (χ1v) is 7.85. The molecule has 4 heteroatoms. The summed E-state index contributed by atoms with van der Waals surface area (Å²) in [5.41, 5.74) is 0.759. The highest BCUT2D eigenvalue weighted by Crippen LogP contribution is 2.30. The second-order valence-electron chi connectivity index (χ2n) is 5.59. The van der Waals surface area contributed by atoms with Crippen LogP contribution in [-0.2, 0) is 0 Å². The Balaban J connectivity index is 1.73. The van der Waals surface area contributed by atoms with Crippen LogP contribution in [-0.4, -0.2) is 11.0 Å². The normalized spacial score (nSPS) is 24.3. The molecular weight excluding hydrogens is 259 g/mol. The molecule has 0 amide bonds. The number of anilines is 1. The molecule has 1 aromatic heterocycles. The maximum Gasteiger partial charge on any atom is 0.184 e. The summed E-state index contributed by atoms with van der Waals surface area (Å²) in [5.74, 6) is 0.629. The van der Waals surface area contributed by atoms with E-state index in [4.69, 9.17) is 0 Å². The first kappa shape index (κ1) is 12.9. The molecule has 2 nitrogen and oxygen atoms in total. The van der Waals surface area contributed by atoms with Crippen molar-refractivity contribution in [2.45, 2.75) is 45.1 Å². The highest BCUT2D eigenvalue weighted by molar-refractivity contribution is 7.22. The minimum Gasteiger partial charge on any atom is -0.359 e. The van der Waals surface area contributed by atoms with Crippen molar-refractivity contribution < 1.29 is 4.39 Å². The fourth-order valence-corrected chi connectivity index (χ4v) is 3.69. The summed E-state index contributed by atoms with van der Waals surface area (Å²) in [7, 11) is 0. The van der Waals surface area contributed by atoms with Gasteiger partial charge in [0.1, 0.15) is 5.82 Å². The van der Waals surface area contributed by atoms with Crippen LogP contribution in [0.15, 0.2) is 18.2 Å². The Morgan fingerprint density at radius 1 is 1.26 bits per heavy atom. The third-order valence-electron chi connectivity index (χ3n) is 3.93. The molecule has 2 aromatic rings. The summed E-state index contributed by atoms with van der Waals surface area (Å²) < 4.78 is 14.2. The number of aromatic nitrogens is 1. The molecule has 3 rings (SSSR count). The summed E-state index contributed by atoms with van der Waals surface area (Å²) >= 11 is 1.62. The number of hydrogen-bond acceptors (Lipinski definition) is 3. The lowest BCUT2D eigenvalue weighted by molar-refractivity contribution is 0.502. The van der Waals surface area contributed by atoms with Crippen molar-refractivity contribution in [1.82, 2.24) is 4.98 Å². The zero-order valence-corrected chi connectivity index (χ0v) is 12.0. The summed E-state index contributed by atoms with van der Waals surface area (Å²) in [6, 6.07) is 5.34. The van der Waals surface area contributed by atoms with Crippen LogP contribution >= 0.6 is 11.3 Å². The van der Waals surface area contributed by atoms with E-state index < -0.39 is 0 Å². The van der Waals surface area contributed by atoms with E-state index in [0.717, 1.165) is 21.3 Å². The molecule has 1 N–H and O–H groups in total. The van der Waals surface area contributed by atoms with E-state index in [1.165, 1.54) is 44.2 Å². The van der Waals surface area contributed by atoms with Crippen molar-refractivity contribution in [3.05, 3.63) is 24.0 Å². The first-order chi connectivity index (χ1) is 9.20. The standard InChI is InChI=1S/C15H19FN2S/c1-10-3-2-4-12(7-5-10)17-15-18-13-9-11(16)6-8-14(13)19-15/h6,8-10,12H,2-5,7H2,1H3,(H,17,18). The van der Waals surface area contributed by atoms with Crippen molar-refractivity contribution >= 4 is 26.7 Å². The number of nitrogens with one attached hydrogen (secondary N) is 1. The van der Waals surface area contributed by atoms with E-state index in [2.05, 4.69) is 17.2 Å². The SMILES string of the molecule is CC1CCCC(Nc2nc3cc(F)ccc3s2)CC1. The minimum atomic E-state index is -0.215. The molecule has 0 radical (unpaired) electrons. The molecule has 0 bridgehead atoms. The van der Waals surface area contributed by atoms with Gasteiger partial charge in [-0.3, -0.25) is 0 Å². The van der Waals surface area contributed by atoms with E-state index in [1.807, 2.05) is 6.07 Å². The molecule has 0 saturated heterocycles. The second-order valence-corrected chi connectivity index (χ2v) is 6.62. The molecule has 102 valence electrons. The predicted molar refractivity (Wildman–Crippen MR) is 79.2 cm³/mol. The Labute approximate surface area is 117 Å². The van der Waals surface area contributed by atoms with E-state index in [-0.39, 0.29) is 5.82 Å². The fourth-order valence-electron chi connectivity index (χ4n) is 2.77. The van der Waals surface area contributed by atoms with E-state index >= 15 is 0 Å². The van der Waals surface area contributed by atoms with Gasteiger partial charge in [0.25, 0.3) is 0 Å². The van der Waals surface area contributed by atoms with Crippen molar-refractivity contribution in [1.29, 1.82) is 0 Å². The molecule has 1 aromatic carbocycles. The number of hydrogen-bond donors (Lipinski definition) is 1. The molecular formula is C15H19FN2S. The molecule has 2 atom stereocenters. The van der Waals surface area contributed by atoms with Gasteiger partial charge in [-0.1, -0.05) is 31.1 Å². The lowest BCUT2D eigenvalue weighted by Crippen LogP contribution is -2.18. The third kappa shape index (κ3) is 3.06. The lowest BCUT2D eigenvalue weighted by Gasteiger charge is -2.15. The maximum absolute atomic E-state index is 13.1. The Kier molecular flexibility index (Phi) is 3.69. The van der Waals surface area contributed by atoms with Crippen LogP contribution < -0.4 is 5.32 Å². The van der Waals surface area contributed by atoms with Gasteiger partial charge in [-0.15, -0.1) is 0 Å². The highest BCUT2D eigenvalue weighted by atomic mass is 32.1. The zero-order valence-electron chi connectivity index (χ0n) is 11.2. The predicted octanol–water partition coefficient (Wildman–Crippen LogP) is 4.82. The topological polar surface area (TPSA) is 24.9 Å². The monoisotopic (exact) mass is 278 g/mol. The molecule has 1 aliphatic carbocycles. The number of halogens is 1. The summed E-state index contributed by atoms with van der Waals surface area (Å²) in [4.78, 5) is 4.48. The van der Waals surface area contributed by atoms with Gasteiger partial charge in [0.2, 0.25) is 0 Å². The fraction of sp³-hybridized carbons (Fsp3) is 0.533. The molecule has 19 heavy (non-hydrogen) atoms. The van der Waals surface area contributed by atoms with Gasteiger partial charge in [0.15, 0.2) is 5.13 Å². The second kappa shape index (κ2) is 5.45. The third-order valence-corrected chi connectivity index (χ3v) is 4.90. The smallest absolute Gasteiger partial charge is 0.184 e. The lowest BCUT2D eigenvalue weighted by atomic mass is 10.0. The number of rotatable bonds is 2. The van der Waals surface area contributed by atoms with Gasteiger partial charge in [-0.25, -0.2) is 9.37 Å². The average molecular weight is 278 g/mol. The molecule has 2 unspecified atom stereocenters. The largest absolute Gasteiger partial charge is 0.359 e.